The highest BCUT2D eigenvalue weighted by molar-refractivity contribution is 6.70. The van der Waals surface area contributed by atoms with Crippen LogP contribution in [-0.4, -0.2) is 14.1 Å². The summed E-state index contributed by atoms with van der Waals surface area (Å²) in [6.07, 6.45) is 1.64. The first-order chi connectivity index (χ1) is 6.18. The Morgan fingerprint density at radius 1 is 1.43 bits per heavy atom. The van der Waals surface area contributed by atoms with Crippen LogP contribution in [0.4, 0.5) is 0 Å². The SMILES string of the molecule is C=C1C=C(O[Si](C)(C)C)OC([CH2+])(C)O1. The van der Waals surface area contributed by atoms with E-state index < -0.39 is 14.1 Å². The molecule has 0 aromatic rings. The molecule has 1 aliphatic heterocycles. The number of ether oxygens (including phenoxy) is 2. The van der Waals surface area contributed by atoms with Crippen molar-refractivity contribution in [3.05, 3.63) is 31.3 Å². The van der Waals surface area contributed by atoms with Gasteiger partial charge in [-0.15, -0.1) is 0 Å². The van der Waals surface area contributed by atoms with Gasteiger partial charge in [-0.05, 0) is 19.6 Å². The second kappa shape index (κ2) is 3.27. The summed E-state index contributed by atoms with van der Waals surface area (Å²) in [5.74, 6) is 0.0424. The van der Waals surface area contributed by atoms with E-state index in [1.54, 1.807) is 13.0 Å². The smallest absolute Gasteiger partial charge is 0.395 e. The molecule has 1 heterocycles. The van der Waals surface area contributed by atoms with Crippen molar-refractivity contribution in [1.82, 2.24) is 0 Å². The van der Waals surface area contributed by atoms with Gasteiger partial charge in [-0.3, -0.25) is 0 Å². The minimum Gasteiger partial charge on any atom is -0.519 e. The maximum atomic E-state index is 5.68. The van der Waals surface area contributed by atoms with Crippen molar-refractivity contribution in [2.24, 2.45) is 0 Å². The van der Waals surface area contributed by atoms with Crippen molar-refractivity contribution in [3.8, 4) is 0 Å². The Labute approximate surface area is 86.5 Å². The summed E-state index contributed by atoms with van der Waals surface area (Å²) >= 11 is 0. The predicted molar refractivity (Wildman–Crippen MR) is 57.6 cm³/mol. The Morgan fingerprint density at radius 2 is 2.00 bits per heavy atom. The van der Waals surface area contributed by atoms with E-state index in [0.29, 0.717) is 11.7 Å². The van der Waals surface area contributed by atoms with E-state index in [9.17, 15) is 0 Å². The van der Waals surface area contributed by atoms with Crippen molar-refractivity contribution in [1.29, 1.82) is 0 Å². The molecule has 0 amide bonds. The Kier molecular flexibility index (Phi) is 2.58. The zero-order valence-electron chi connectivity index (χ0n) is 9.22. The first-order valence-corrected chi connectivity index (χ1v) is 7.92. The maximum Gasteiger partial charge on any atom is 0.395 e. The van der Waals surface area contributed by atoms with Crippen molar-refractivity contribution < 1.29 is 13.9 Å². The average molecular weight is 213 g/mol. The molecule has 4 heteroatoms. The molecule has 0 fully saturated rings. The zero-order valence-corrected chi connectivity index (χ0v) is 10.2. The molecular formula is C10H17O3Si+. The van der Waals surface area contributed by atoms with Crippen molar-refractivity contribution in [2.75, 3.05) is 0 Å². The fourth-order valence-corrected chi connectivity index (χ4v) is 1.76. The Morgan fingerprint density at radius 3 is 2.43 bits per heavy atom. The standard InChI is InChI=1S/C10H17O3Si/c1-8-7-9(13-14(4,5)6)12-10(2,3)11-8/h7H,1-2H2,3-6H3/q+1. The van der Waals surface area contributed by atoms with E-state index in [-0.39, 0.29) is 0 Å². The highest BCUT2D eigenvalue weighted by Crippen LogP contribution is 2.28. The predicted octanol–water partition coefficient (Wildman–Crippen LogP) is 2.79. The molecule has 0 bridgehead atoms. The highest BCUT2D eigenvalue weighted by Gasteiger charge is 2.37. The topological polar surface area (TPSA) is 27.7 Å². The van der Waals surface area contributed by atoms with Crippen LogP contribution >= 0.6 is 0 Å². The molecule has 1 aliphatic rings. The molecule has 0 N–H and O–H groups in total. The molecular weight excluding hydrogens is 196 g/mol. The lowest BCUT2D eigenvalue weighted by atomic mass is 10.3. The van der Waals surface area contributed by atoms with E-state index in [4.69, 9.17) is 13.9 Å². The summed E-state index contributed by atoms with van der Waals surface area (Å²) in [4.78, 5) is 0. The van der Waals surface area contributed by atoms with Crippen molar-refractivity contribution >= 4 is 8.32 Å². The maximum absolute atomic E-state index is 5.68. The summed E-state index contributed by atoms with van der Waals surface area (Å²) in [6.45, 7) is 15.4. The van der Waals surface area contributed by atoms with Gasteiger partial charge in [0.2, 0.25) is 8.32 Å². The molecule has 0 spiro atoms. The fraction of sp³-hybridized carbons (Fsp3) is 0.500. The normalized spacial score (nSPS) is 27.4. The Balaban J connectivity index is 2.75. The minimum atomic E-state index is -1.65. The average Bonchev–Trinajstić information content (AvgIpc) is 1.74. The van der Waals surface area contributed by atoms with E-state index >= 15 is 0 Å². The van der Waals surface area contributed by atoms with Crippen molar-refractivity contribution in [3.63, 3.8) is 0 Å². The molecule has 0 saturated carbocycles. The first-order valence-electron chi connectivity index (χ1n) is 4.51. The number of hydrogen-bond acceptors (Lipinski definition) is 3. The largest absolute Gasteiger partial charge is 0.519 e. The molecule has 0 aromatic carbocycles. The van der Waals surface area contributed by atoms with E-state index in [1.165, 1.54) is 0 Å². The second-order valence-corrected chi connectivity index (χ2v) is 8.91. The Hall–Kier alpha value is -1.03. The summed E-state index contributed by atoms with van der Waals surface area (Å²) in [6, 6.07) is 0. The van der Waals surface area contributed by atoms with Gasteiger partial charge in [0, 0.05) is 0 Å². The fourth-order valence-electron chi connectivity index (χ4n) is 1.05. The minimum absolute atomic E-state index is 0.456. The lowest BCUT2D eigenvalue weighted by Crippen LogP contribution is -2.35. The third kappa shape index (κ3) is 3.37. The van der Waals surface area contributed by atoms with Crippen LogP contribution in [0.5, 0.6) is 0 Å². The van der Waals surface area contributed by atoms with Crippen LogP contribution in [-0.2, 0) is 13.9 Å². The molecule has 78 valence electrons. The molecule has 1 atom stereocenters. The molecule has 1 rings (SSSR count). The van der Waals surface area contributed by atoms with Gasteiger partial charge in [0.1, 0.15) is 5.76 Å². The van der Waals surface area contributed by atoms with Crippen LogP contribution in [0, 0.1) is 6.92 Å². The monoisotopic (exact) mass is 213 g/mol. The molecule has 0 aromatic heterocycles. The number of hydrogen-bond donors (Lipinski definition) is 0. The summed E-state index contributed by atoms with van der Waals surface area (Å²) < 4.78 is 16.3. The zero-order chi connectivity index (χ0) is 11.0. The summed E-state index contributed by atoms with van der Waals surface area (Å²) in [5, 5.41) is 0. The van der Waals surface area contributed by atoms with Crippen LogP contribution in [0.2, 0.25) is 19.6 Å². The van der Waals surface area contributed by atoms with Gasteiger partial charge in [0.25, 0.3) is 5.95 Å². The van der Waals surface area contributed by atoms with Crippen LogP contribution < -0.4 is 0 Å². The Bertz CT molecular complexity index is 274. The lowest BCUT2D eigenvalue weighted by Gasteiger charge is -2.30. The van der Waals surface area contributed by atoms with Crippen LogP contribution in [0.15, 0.2) is 24.4 Å². The third-order valence-electron chi connectivity index (χ3n) is 1.35. The third-order valence-corrected chi connectivity index (χ3v) is 2.16. The number of allylic oxidation sites excluding steroid dienone is 1. The van der Waals surface area contributed by atoms with Crippen LogP contribution in [0.1, 0.15) is 6.92 Å². The summed E-state index contributed by atoms with van der Waals surface area (Å²) in [7, 11) is -1.65. The van der Waals surface area contributed by atoms with Crippen LogP contribution in [0.3, 0.4) is 0 Å². The van der Waals surface area contributed by atoms with Gasteiger partial charge in [0.05, 0.1) is 13.0 Å². The molecule has 0 saturated heterocycles. The molecule has 3 nitrogen and oxygen atoms in total. The van der Waals surface area contributed by atoms with Gasteiger partial charge >= 0.3 is 5.79 Å². The lowest BCUT2D eigenvalue weighted by molar-refractivity contribution is -0.175. The van der Waals surface area contributed by atoms with Gasteiger partial charge in [-0.1, -0.05) is 6.58 Å². The van der Waals surface area contributed by atoms with Crippen LogP contribution in [0.25, 0.3) is 0 Å². The highest BCUT2D eigenvalue weighted by atomic mass is 28.4. The molecule has 0 aliphatic carbocycles. The van der Waals surface area contributed by atoms with Gasteiger partial charge in [0.15, 0.2) is 6.92 Å². The van der Waals surface area contributed by atoms with Gasteiger partial charge < -0.3 is 13.9 Å². The van der Waals surface area contributed by atoms with Crippen molar-refractivity contribution in [2.45, 2.75) is 32.4 Å². The van der Waals surface area contributed by atoms with Gasteiger partial charge in [-0.25, -0.2) is 0 Å². The molecule has 1 unspecified atom stereocenters. The quantitative estimate of drug-likeness (QED) is 0.521. The van der Waals surface area contributed by atoms with Gasteiger partial charge in [-0.2, -0.15) is 0 Å². The van der Waals surface area contributed by atoms with E-state index in [1.807, 2.05) is 0 Å². The first kappa shape index (κ1) is 11.0. The molecule has 14 heavy (non-hydrogen) atoms. The number of rotatable bonds is 2. The summed E-state index contributed by atoms with van der Waals surface area (Å²) in [5.41, 5.74) is 0. The van der Waals surface area contributed by atoms with E-state index in [0.717, 1.165) is 0 Å². The second-order valence-electron chi connectivity index (χ2n) is 4.48. The van der Waals surface area contributed by atoms with E-state index in [2.05, 4.69) is 33.1 Å². The molecule has 0 radical (unpaired) electrons.